The molecule has 2 aromatic carbocycles. The summed E-state index contributed by atoms with van der Waals surface area (Å²) in [5, 5.41) is 5.10. The topological polar surface area (TPSA) is 102 Å². The lowest BCUT2D eigenvalue weighted by atomic mass is 9.89. The van der Waals surface area contributed by atoms with Crippen molar-refractivity contribution in [1.82, 2.24) is 5.32 Å². The van der Waals surface area contributed by atoms with Crippen LogP contribution in [0.25, 0.3) is 0 Å². The lowest BCUT2D eigenvalue weighted by Gasteiger charge is -2.16. The highest BCUT2D eigenvalue weighted by molar-refractivity contribution is 5.98. The number of Topliss-reactive ketones (excluding diaryl/α,β-unsaturated/α-hetero) is 1. The van der Waals surface area contributed by atoms with Crippen LogP contribution in [0.1, 0.15) is 57.5 Å². The molecule has 2 aromatic rings. The van der Waals surface area contributed by atoms with Crippen molar-refractivity contribution in [2.45, 2.75) is 38.5 Å². The van der Waals surface area contributed by atoms with E-state index in [1.807, 2.05) is 18.2 Å². The second-order valence-electron chi connectivity index (χ2n) is 7.48. The summed E-state index contributed by atoms with van der Waals surface area (Å²) in [5.41, 5.74) is 4.09. The molecule has 2 N–H and O–H groups in total. The number of benzene rings is 2. The zero-order chi connectivity index (χ0) is 22.2. The molecule has 162 valence electrons. The summed E-state index contributed by atoms with van der Waals surface area (Å²) in [6.07, 6.45) is 4.32. The van der Waals surface area contributed by atoms with Crippen molar-refractivity contribution in [1.29, 1.82) is 0 Å². The molecule has 2 amide bonds. The second-order valence-corrected chi connectivity index (χ2v) is 7.48. The number of aryl methyl sites for hydroxylation is 2. The predicted octanol–water partition coefficient (Wildman–Crippen LogP) is 3.07. The zero-order valence-electron chi connectivity index (χ0n) is 17.5. The van der Waals surface area contributed by atoms with Gasteiger partial charge in [-0.2, -0.15) is 0 Å². The monoisotopic (exact) mass is 422 g/mol. The number of hydrogen-bond donors (Lipinski definition) is 2. The molecule has 0 fully saturated rings. The van der Waals surface area contributed by atoms with Gasteiger partial charge in [-0.25, -0.2) is 0 Å². The molecule has 3 rings (SSSR count). The molecule has 0 spiro atoms. The molecule has 0 bridgehead atoms. The Hall–Kier alpha value is -3.48. The maximum Gasteiger partial charge on any atom is 0.306 e. The number of rotatable bonds is 8. The molecule has 0 aromatic heterocycles. The van der Waals surface area contributed by atoms with E-state index in [-0.39, 0.29) is 24.5 Å². The molecule has 31 heavy (non-hydrogen) atoms. The van der Waals surface area contributed by atoms with E-state index in [0.29, 0.717) is 16.8 Å². The number of carbonyl (C=O) groups is 4. The number of hydrogen-bond acceptors (Lipinski definition) is 5. The highest BCUT2D eigenvalue weighted by Crippen LogP contribution is 2.23. The van der Waals surface area contributed by atoms with E-state index in [1.54, 1.807) is 24.3 Å². The summed E-state index contributed by atoms with van der Waals surface area (Å²) >= 11 is 0. The van der Waals surface area contributed by atoms with Crippen LogP contribution in [0.2, 0.25) is 0 Å². The molecule has 7 nitrogen and oxygen atoms in total. The Kier molecular flexibility index (Phi) is 7.54. The number of ether oxygens (including phenoxy) is 1. The van der Waals surface area contributed by atoms with Crippen LogP contribution < -0.4 is 10.6 Å². The molecule has 0 radical (unpaired) electrons. The summed E-state index contributed by atoms with van der Waals surface area (Å²) in [6.45, 7) is -0.441. The Bertz CT molecular complexity index is 982. The number of anilines is 1. The first-order chi connectivity index (χ1) is 15.0. The summed E-state index contributed by atoms with van der Waals surface area (Å²) in [7, 11) is 1.53. The average molecular weight is 422 g/mol. The standard InChI is InChI=1S/C24H26N2O5/c1-25-24(30)17-8-10-20(11-9-17)26-22(28)15-31-23(29)13-12-21(27)19-7-6-16-4-2-3-5-18(16)14-19/h6-11,14H,2-5,12-13,15H2,1H3,(H,25,30)(H,26,28). The third kappa shape index (κ3) is 6.25. The Balaban J connectivity index is 1.41. The maximum atomic E-state index is 12.4. The second kappa shape index (κ2) is 10.5. The van der Waals surface area contributed by atoms with Gasteiger partial charge in [-0.3, -0.25) is 19.2 Å². The van der Waals surface area contributed by atoms with E-state index in [4.69, 9.17) is 4.74 Å². The van der Waals surface area contributed by atoms with E-state index >= 15 is 0 Å². The Morgan fingerprint density at radius 2 is 1.55 bits per heavy atom. The van der Waals surface area contributed by atoms with Gasteiger partial charge in [0, 0.05) is 30.3 Å². The molecule has 1 aliphatic carbocycles. The highest BCUT2D eigenvalue weighted by Gasteiger charge is 2.15. The van der Waals surface area contributed by atoms with Crippen LogP contribution in [0, 0.1) is 0 Å². The van der Waals surface area contributed by atoms with E-state index in [2.05, 4.69) is 10.6 Å². The van der Waals surface area contributed by atoms with Gasteiger partial charge in [0.2, 0.25) is 0 Å². The van der Waals surface area contributed by atoms with Crippen molar-refractivity contribution in [3.05, 3.63) is 64.7 Å². The van der Waals surface area contributed by atoms with Crippen molar-refractivity contribution in [2.24, 2.45) is 0 Å². The fourth-order valence-electron chi connectivity index (χ4n) is 3.53. The summed E-state index contributed by atoms with van der Waals surface area (Å²) < 4.78 is 4.96. The van der Waals surface area contributed by atoms with E-state index in [9.17, 15) is 19.2 Å². The summed E-state index contributed by atoms with van der Waals surface area (Å²) in [5.74, 6) is -1.43. The Morgan fingerprint density at radius 3 is 2.26 bits per heavy atom. The molecule has 0 atom stereocenters. The zero-order valence-corrected chi connectivity index (χ0v) is 17.5. The van der Waals surface area contributed by atoms with Gasteiger partial charge in [0.25, 0.3) is 11.8 Å². The number of carbonyl (C=O) groups excluding carboxylic acids is 4. The van der Waals surface area contributed by atoms with Gasteiger partial charge in [0.1, 0.15) is 0 Å². The predicted molar refractivity (Wildman–Crippen MR) is 116 cm³/mol. The largest absolute Gasteiger partial charge is 0.456 e. The van der Waals surface area contributed by atoms with E-state index in [0.717, 1.165) is 19.3 Å². The summed E-state index contributed by atoms with van der Waals surface area (Å²) in [4.78, 5) is 47.8. The van der Waals surface area contributed by atoms with Crippen molar-refractivity contribution in [2.75, 3.05) is 19.0 Å². The first kappa shape index (κ1) is 22.2. The minimum absolute atomic E-state index is 0.0419. The van der Waals surface area contributed by atoms with Crippen molar-refractivity contribution < 1.29 is 23.9 Å². The van der Waals surface area contributed by atoms with Gasteiger partial charge < -0.3 is 15.4 Å². The average Bonchev–Trinajstić information content (AvgIpc) is 2.80. The van der Waals surface area contributed by atoms with Gasteiger partial charge in [-0.15, -0.1) is 0 Å². The normalized spacial score (nSPS) is 12.4. The van der Waals surface area contributed by atoms with Gasteiger partial charge in [-0.1, -0.05) is 12.1 Å². The van der Waals surface area contributed by atoms with Crippen LogP contribution in [0.3, 0.4) is 0 Å². The van der Waals surface area contributed by atoms with Crippen LogP contribution in [0.15, 0.2) is 42.5 Å². The van der Waals surface area contributed by atoms with Crippen LogP contribution in [0.4, 0.5) is 5.69 Å². The van der Waals surface area contributed by atoms with Crippen molar-refractivity contribution in [3.8, 4) is 0 Å². The maximum absolute atomic E-state index is 12.4. The van der Waals surface area contributed by atoms with Crippen molar-refractivity contribution >= 4 is 29.3 Å². The molecule has 0 saturated carbocycles. The highest BCUT2D eigenvalue weighted by atomic mass is 16.5. The molecule has 7 heteroatoms. The van der Waals surface area contributed by atoms with Crippen molar-refractivity contribution in [3.63, 3.8) is 0 Å². The van der Waals surface area contributed by atoms with E-state index < -0.39 is 18.5 Å². The van der Waals surface area contributed by atoms with Gasteiger partial charge in [0.15, 0.2) is 12.4 Å². The first-order valence-corrected chi connectivity index (χ1v) is 10.4. The molecule has 0 aliphatic heterocycles. The smallest absolute Gasteiger partial charge is 0.306 e. The van der Waals surface area contributed by atoms with Gasteiger partial charge in [0.05, 0.1) is 6.42 Å². The molecule has 0 heterocycles. The fraction of sp³-hybridized carbons (Fsp3) is 0.333. The molecular weight excluding hydrogens is 396 g/mol. The molecule has 0 unspecified atom stereocenters. The third-order valence-corrected chi connectivity index (χ3v) is 5.25. The van der Waals surface area contributed by atoms with E-state index in [1.165, 1.54) is 24.6 Å². The Morgan fingerprint density at radius 1 is 0.871 bits per heavy atom. The van der Waals surface area contributed by atoms with Crippen LogP contribution in [-0.2, 0) is 27.2 Å². The summed E-state index contributed by atoms with van der Waals surface area (Å²) in [6, 6.07) is 12.1. The van der Waals surface area contributed by atoms with Gasteiger partial charge >= 0.3 is 5.97 Å². The van der Waals surface area contributed by atoms with Crippen LogP contribution in [-0.4, -0.2) is 37.2 Å². The minimum Gasteiger partial charge on any atom is -0.456 e. The third-order valence-electron chi connectivity index (χ3n) is 5.25. The molecule has 0 saturated heterocycles. The first-order valence-electron chi connectivity index (χ1n) is 10.4. The van der Waals surface area contributed by atoms with Crippen LogP contribution in [0.5, 0.6) is 0 Å². The lowest BCUT2D eigenvalue weighted by Crippen LogP contribution is -2.21. The molecule has 1 aliphatic rings. The number of amides is 2. The van der Waals surface area contributed by atoms with Gasteiger partial charge in [-0.05, 0) is 67.1 Å². The minimum atomic E-state index is -0.601. The number of nitrogens with one attached hydrogen (secondary N) is 2. The Labute approximate surface area is 181 Å². The molecular formula is C24H26N2O5. The quantitative estimate of drug-likeness (QED) is 0.503. The number of esters is 1. The fourth-order valence-corrected chi connectivity index (χ4v) is 3.53. The number of ketones is 1. The SMILES string of the molecule is CNC(=O)c1ccc(NC(=O)COC(=O)CCC(=O)c2ccc3c(c2)CCCC3)cc1. The lowest BCUT2D eigenvalue weighted by molar-refractivity contribution is -0.147. The van der Waals surface area contributed by atoms with Crippen LogP contribution >= 0.6 is 0 Å². The number of fused-ring (bicyclic) bond motifs is 1.